The zero-order valence-corrected chi connectivity index (χ0v) is 13.7. The van der Waals surface area contributed by atoms with Gasteiger partial charge in [0.1, 0.15) is 16.7 Å². The van der Waals surface area contributed by atoms with E-state index in [1.165, 1.54) is 16.3 Å². The van der Waals surface area contributed by atoms with Crippen LogP contribution < -0.4 is 11.0 Å². The average Bonchev–Trinajstić information content (AvgIpc) is 2.70. The molecule has 0 aliphatic carbocycles. The second-order valence-electron chi connectivity index (χ2n) is 5.67. The SMILES string of the molecule is CCNc1cc(Sc2n[nH]c(=O)n2C)nc(C(C)(C)C)n1. The number of anilines is 1. The molecule has 0 aliphatic heterocycles. The molecule has 0 spiro atoms. The van der Waals surface area contributed by atoms with Crippen LogP contribution in [0.2, 0.25) is 0 Å². The molecule has 2 rings (SSSR count). The van der Waals surface area contributed by atoms with Crippen LogP contribution in [0.4, 0.5) is 5.82 Å². The second-order valence-corrected chi connectivity index (χ2v) is 6.66. The van der Waals surface area contributed by atoms with Crippen LogP contribution in [0.25, 0.3) is 0 Å². The van der Waals surface area contributed by atoms with E-state index in [0.29, 0.717) is 5.16 Å². The summed E-state index contributed by atoms with van der Waals surface area (Å²) in [6, 6.07) is 1.86. The number of H-pyrrole nitrogens is 1. The van der Waals surface area contributed by atoms with Crippen molar-refractivity contribution in [3.63, 3.8) is 0 Å². The predicted molar refractivity (Wildman–Crippen MR) is 82.8 cm³/mol. The van der Waals surface area contributed by atoms with Gasteiger partial charge >= 0.3 is 5.69 Å². The normalized spacial score (nSPS) is 11.7. The van der Waals surface area contributed by atoms with Crippen molar-refractivity contribution in [1.29, 1.82) is 0 Å². The van der Waals surface area contributed by atoms with E-state index in [9.17, 15) is 4.79 Å². The third-order valence-corrected chi connectivity index (χ3v) is 3.73. The summed E-state index contributed by atoms with van der Waals surface area (Å²) in [5.41, 5.74) is -0.396. The molecule has 0 saturated carbocycles. The Hall–Kier alpha value is -1.83. The summed E-state index contributed by atoms with van der Waals surface area (Å²) >= 11 is 1.33. The number of aromatic nitrogens is 5. The van der Waals surface area contributed by atoms with E-state index in [1.54, 1.807) is 7.05 Å². The van der Waals surface area contributed by atoms with Gasteiger partial charge in [-0.05, 0) is 18.7 Å². The molecule has 114 valence electrons. The fourth-order valence-corrected chi connectivity index (χ4v) is 2.40. The molecule has 0 bridgehead atoms. The monoisotopic (exact) mass is 308 g/mol. The fourth-order valence-electron chi connectivity index (χ4n) is 1.60. The molecule has 2 N–H and O–H groups in total. The van der Waals surface area contributed by atoms with Gasteiger partial charge in [0.25, 0.3) is 0 Å². The van der Waals surface area contributed by atoms with Crippen molar-refractivity contribution in [3.8, 4) is 0 Å². The molecule has 2 heterocycles. The molecule has 0 aromatic carbocycles. The van der Waals surface area contributed by atoms with Crippen molar-refractivity contribution in [1.82, 2.24) is 24.7 Å². The van der Waals surface area contributed by atoms with E-state index in [0.717, 1.165) is 23.2 Å². The molecule has 21 heavy (non-hydrogen) atoms. The highest BCUT2D eigenvalue weighted by molar-refractivity contribution is 7.99. The molecule has 0 unspecified atom stereocenters. The summed E-state index contributed by atoms with van der Waals surface area (Å²) in [4.78, 5) is 20.5. The molecule has 0 atom stereocenters. The number of hydrogen-bond acceptors (Lipinski definition) is 6. The standard InChI is InChI=1S/C13H20N6OS/c1-6-14-8-7-9(16-10(15-8)13(2,3)4)21-12-18-17-11(20)19(12)5/h7H,6H2,1-5H3,(H,17,20)(H,14,15,16). The Morgan fingerprint density at radius 3 is 2.62 bits per heavy atom. The van der Waals surface area contributed by atoms with Gasteiger partial charge in [-0.15, -0.1) is 5.10 Å². The smallest absolute Gasteiger partial charge is 0.343 e. The van der Waals surface area contributed by atoms with Crippen molar-refractivity contribution in [3.05, 3.63) is 22.4 Å². The maximum atomic E-state index is 11.4. The van der Waals surface area contributed by atoms with Gasteiger partial charge in [-0.25, -0.2) is 19.9 Å². The highest BCUT2D eigenvalue weighted by atomic mass is 32.2. The summed E-state index contributed by atoms with van der Waals surface area (Å²) in [6.07, 6.45) is 0. The maximum absolute atomic E-state index is 11.4. The van der Waals surface area contributed by atoms with Gasteiger partial charge in [0.2, 0.25) is 0 Å². The number of hydrogen-bond donors (Lipinski definition) is 2. The lowest BCUT2D eigenvalue weighted by atomic mass is 9.96. The minimum atomic E-state index is -0.241. The molecule has 7 nitrogen and oxygen atoms in total. The van der Waals surface area contributed by atoms with Gasteiger partial charge in [0.05, 0.1) is 0 Å². The minimum Gasteiger partial charge on any atom is -0.370 e. The summed E-state index contributed by atoms with van der Waals surface area (Å²) in [7, 11) is 1.67. The first-order valence-electron chi connectivity index (χ1n) is 6.74. The third kappa shape index (κ3) is 3.63. The van der Waals surface area contributed by atoms with Crippen LogP contribution in [0.5, 0.6) is 0 Å². The highest BCUT2D eigenvalue weighted by Crippen LogP contribution is 2.28. The minimum absolute atomic E-state index is 0.155. The molecular weight excluding hydrogens is 288 g/mol. The third-order valence-electron chi connectivity index (χ3n) is 2.77. The Balaban J connectivity index is 2.40. The van der Waals surface area contributed by atoms with Crippen LogP contribution in [0.15, 0.2) is 21.0 Å². The Bertz CT molecular complexity index is 685. The highest BCUT2D eigenvalue weighted by Gasteiger charge is 2.20. The lowest BCUT2D eigenvalue weighted by Gasteiger charge is -2.18. The van der Waals surface area contributed by atoms with E-state index in [-0.39, 0.29) is 11.1 Å². The summed E-state index contributed by atoms with van der Waals surface area (Å²) in [5.74, 6) is 1.53. The molecule has 0 aliphatic rings. The summed E-state index contributed by atoms with van der Waals surface area (Å²) in [6.45, 7) is 9.00. The zero-order valence-electron chi connectivity index (χ0n) is 12.9. The van der Waals surface area contributed by atoms with Gasteiger partial charge in [0.15, 0.2) is 5.16 Å². The molecule has 0 radical (unpaired) electrons. The van der Waals surface area contributed by atoms with Crippen molar-refractivity contribution in [2.75, 3.05) is 11.9 Å². The number of nitrogens with one attached hydrogen (secondary N) is 2. The van der Waals surface area contributed by atoms with E-state index in [4.69, 9.17) is 0 Å². The average molecular weight is 308 g/mol. The van der Waals surface area contributed by atoms with Crippen molar-refractivity contribution in [2.24, 2.45) is 7.05 Å². The Labute approximate surface area is 127 Å². The molecule has 0 amide bonds. The van der Waals surface area contributed by atoms with Crippen LogP contribution in [-0.2, 0) is 12.5 Å². The van der Waals surface area contributed by atoms with E-state index < -0.39 is 0 Å². The first kappa shape index (κ1) is 15.6. The molecule has 8 heteroatoms. The van der Waals surface area contributed by atoms with Crippen LogP contribution in [0.1, 0.15) is 33.5 Å². The van der Waals surface area contributed by atoms with E-state index >= 15 is 0 Å². The van der Waals surface area contributed by atoms with Crippen LogP contribution in [0.3, 0.4) is 0 Å². The molecule has 2 aromatic rings. The Morgan fingerprint density at radius 2 is 2.10 bits per heavy atom. The lowest BCUT2D eigenvalue weighted by Crippen LogP contribution is -2.18. The first-order chi connectivity index (χ1) is 9.81. The molecule has 2 aromatic heterocycles. The van der Waals surface area contributed by atoms with Gasteiger partial charge < -0.3 is 5.32 Å². The van der Waals surface area contributed by atoms with Gasteiger partial charge in [0, 0.05) is 25.1 Å². The Morgan fingerprint density at radius 1 is 1.38 bits per heavy atom. The molecule has 0 saturated heterocycles. The summed E-state index contributed by atoms with van der Waals surface area (Å²) in [5, 5.41) is 10.9. The summed E-state index contributed by atoms with van der Waals surface area (Å²) < 4.78 is 1.45. The lowest BCUT2D eigenvalue weighted by molar-refractivity contribution is 0.539. The van der Waals surface area contributed by atoms with Crippen molar-refractivity contribution >= 4 is 17.6 Å². The largest absolute Gasteiger partial charge is 0.370 e. The van der Waals surface area contributed by atoms with Gasteiger partial charge in [-0.2, -0.15) is 0 Å². The maximum Gasteiger partial charge on any atom is 0.343 e. The first-order valence-corrected chi connectivity index (χ1v) is 7.55. The predicted octanol–water partition coefficient (Wildman–Crippen LogP) is 1.78. The fraction of sp³-hybridized carbons (Fsp3) is 0.538. The number of rotatable bonds is 4. The molecule has 0 fully saturated rings. The van der Waals surface area contributed by atoms with Gasteiger partial charge in [-0.1, -0.05) is 20.8 Å². The molecular formula is C13H20N6OS. The van der Waals surface area contributed by atoms with E-state index in [1.807, 2.05) is 13.0 Å². The second kappa shape index (κ2) is 5.88. The van der Waals surface area contributed by atoms with Crippen LogP contribution in [-0.4, -0.2) is 31.3 Å². The van der Waals surface area contributed by atoms with E-state index in [2.05, 4.69) is 46.3 Å². The van der Waals surface area contributed by atoms with Gasteiger partial charge in [-0.3, -0.25) is 4.57 Å². The van der Waals surface area contributed by atoms with Crippen LogP contribution >= 0.6 is 11.8 Å². The quantitative estimate of drug-likeness (QED) is 0.837. The Kier molecular flexibility index (Phi) is 4.36. The number of aromatic amines is 1. The van der Waals surface area contributed by atoms with Crippen molar-refractivity contribution in [2.45, 2.75) is 43.3 Å². The topological polar surface area (TPSA) is 88.5 Å². The van der Waals surface area contributed by atoms with Crippen LogP contribution in [0, 0.1) is 0 Å². The number of nitrogens with zero attached hydrogens (tertiary/aromatic N) is 4. The van der Waals surface area contributed by atoms with Crippen molar-refractivity contribution < 1.29 is 0 Å². The zero-order chi connectivity index (χ0) is 15.6.